The monoisotopic (exact) mass is 271 g/mol. The SMILES string of the molecule is CCCNCc1ccc(-n2ccnc2CCC)c(C)c1. The number of aryl methyl sites for hydroxylation is 2. The first-order valence-corrected chi connectivity index (χ1v) is 7.59. The second-order valence-corrected chi connectivity index (χ2v) is 5.26. The van der Waals surface area contributed by atoms with E-state index >= 15 is 0 Å². The molecule has 0 fully saturated rings. The summed E-state index contributed by atoms with van der Waals surface area (Å²) in [6.45, 7) is 8.57. The van der Waals surface area contributed by atoms with Crippen LogP contribution in [0.1, 0.15) is 43.6 Å². The van der Waals surface area contributed by atoms with Crippen LogP contribution < -0.4 is 5.32 Å². The first kappa shape index (κ1) is 14.8. The minimum absolute atomic E-state index is 0.945. The predicted octanol–water partition coefficient (Wildman–Crippen LogP) is 3.63. The summed E-state index contributed by atoms with van der Waals surface area (Å²) in [7, 11) is 0. The summed E-state index contributed by atoms with van der Waals surface area (Å²) in [6.07, 6.45) is 7.26. The summed E-state index contributed by atoms with van der Waals surface area (Å²) < 4.78 is 2.21. The molecule has 0 aliphatic rings. The van der Waals surface area contributed by atoms with Crippen molar-refractivity contribution in [2.75, 3.05) is 6.54 Å². The summed E-state index contributed by atoms with van der Waals surface area (Å²) in [5.41, 5.74) is 3.89. The molecule has 1 N–H and O–H groups in total. The van der Waals surface area contributed by atoms with E-state index in [4.69, 9.17) is 0 Å². The van der Waals surface area contributed by atoms with Crippen LogP contribution >= 0.6 is 0 Å². The van der Waals surface area contributed by atoms with E-state index in [0.29, 0.717) is 0 Å². The Kier molecular flexibility index (Phi) is 5.36. The third-order valence-corrected chi connectivity index (χ3v) is 3.47. The lowest BCUT2D eigenvalue weighted by Gasteiger charge is -2.12. The average Bonchev–Trinajstić information content (AvgIpc) is 2.88. The molecule has 1 aromatic carbocycles. The molecule has 0 bridgehead atoms. The van der Waals surface area contributed by atoms with Gasteiger partial charge in [-0.15, -0.1) is 0 Å². The second-order valence-electron chi connectivity index (χ2n) is 5.26. The molecule has 0 saturated heterocycles. The molecule has 1 aromatic heterocycles. The smallest absolute Gasteiger partial charge is 0.113 e. The van der Waals surface area contributed by atoms with Crippen molar-refractivity contribution in [1.29, 1.82) is 0 Å². The predicted molar refractivity (Wildman–Crippen MR) is 84.3 cm³/mol. The Labute approximate surface area is 122 Å². The van der Waals surface area contributed by atoms with Crippen LogP contribution in [0.5, 0.6) is 0 Å². The maximum absolute atomic E-state index is 4.46. The van der Waals surface area contributed by atoms with Crippen molar-refractivity contribution in [3.63, 3.8) is 0 Å². The molecule has 2 rings (SSSR count). The topological polar surface area (TPSA) is 29.9 Å². The van der Waals surface area contributed by atoms with Gasteiger partial charge in [0, 0.05) is 31.0 Å². The molecule has 3 nitrogen and oxygen atoms in total. The van der Waals surface area contributed by atoms with Crippen molar-refractivity contribution in [2.24, 2.45) is 0 Å². The fraction of sp³-hybridized carbons (Fsp3) is 0.471. The average molecular weight is 271 g/mol. The third kappa shape index (κ3) is 3.48. The Morgan fingerprint density at radius 2 is 2.05 bits per heavy atom. The van der Waals surface area contributed by atoms with Crippen LogP contribution in [0.3, 0.4) is 0 Å². The molecular formula is C17H25N3. The highest BCUT2D eigenvalue weighted by atomic mass is 15.1. The first-order chi connectivity index (χ1) is 9.76. The minimum Gasteiger partial charge on any atom is -0.313 e. The van der Waals surface area contributed by atoms with E-state index < -0.39 is 0 Å². The Morgan fingerprint density at radius 1 is 1.20 bits per heavy atom. The maximum atomic E-state index is 4.46. The first-order valence-electron chi connectivity index (χ1n) is 7.59. The standard InChI is InChI=1S/C17H25N3/c1-4-6-17-19-10-11-20(17)16-8-7-15(12-14(16)3)13-18-9-5-2/h7-8,10-12,18H,4-6,9,13H2,1-3H3. The molecule has 20 heavy (non-hydrogen) atoms. The minimum atomic E-state index is 0.945. The maximum Gasteiger partial charge on any atom is 0.113 e. The van der Waals surface area contributed by atoms with E-state index in [0.717, 1.165) is 31.8 Å². The summed E-state index contributed by atoms with van der Waals surface area (Å²) in [6, 6.07) is 6.69. The van der Waals surface area contributed by atoms with Crippen molar-refractivity contribution in [1.82, 2.24) is 14.9 Å². The zero-order chi connectivity index (χ0) is 14.4. The van der Waals surface area contributed by atoms with E-state index in [1.54, 1.807) is 0 Å². The Morgan fingerprint density at radius 3 is 2.75 bits per heavy atom. The summed E-state index contributed by atoms with van der Waals surface area (Å²) in [5, 5.41) is 3.45. The zero-order valence-electron chi connectivity index (χ0n) is 12.8. The largest absolute Gasteiger partial charge is 0.313 e. The third-order valence-electron chi connectivity index (χ3n) is 3.47. The van der Waals surface area contributed by atoms with Gasteiger partial charge >= 0.3 is 0 Å². The van der Waals surface area contributed by atoms with E-state index in [1.807, 2.05) is 6.20 Å². The van der Waals surface area contributed by atoms with Gasteiger partial charge in [-0.2, -0.15) is 0 Å². The molecule has 108 valence electrons. The van der Waals surface area contributed by atoms with Crippen LogP contribution in [-0.4, -0.2) is 16.1 Å². The van der Waals surface area contributed by atoms with Crippen molar-refractivity contribution < 1.29 is 0 Å². The van der Waals surface area contributed by atoms with Crippen molar-refractivity contribution in [2.45, 2.75) is 46.6 Å². The molecule has 3 heteroatoms. The Balaban J connectivity index is 2.18. The van der Waals surface area contributed by atoms with Crippen molar-refractivity contribution in [3.05, 3.63) is 47.5 Å². The Hall–Kier alpha value is -1.61. The number of hydrogen-bond acceptors (Lipinski definition) is 2. The van der Waals surface area contributed by atoms with Gasteiger partial charge in [-0.25, -0.2) is 4.98 Å². The number of imidazole rings is 1. The van der Waals surface area contributed by atoms with Crippen LogP contribution in [0.25, 0.3) is 5.69 Å². The van der Waals surface area contributed by atoms with Gasteiger partial charge < -0.3 is 9.88 Å². The van der Waals surface area contributed by atoms with E-state index in [1.165, 1.54) is 23.2 Å². The van der Waals surface area contributed by atoms with Crippen LogP contribution in [0.2, 0.25) is 0 Å². The molecular weight excluding hydrogens is 246 g/mol. The number of aromatic nitrogens is 2. The lowest BCUT2D eigenvalue weighted by Crippen LogP contribution is -2.14. The molecule has 0 aliphatic heterocycles. The van der Waals surface area contributed by atoms with Gasteiger partial charge in [-0.1, -0.05) is 26.0 Å². The molecule has 0 radical (unpaired) electrons. The fourth-order valence-corrected chi connectivity index (χ4v) is 2.47. The molecule has 0 unspecified atom stereocenters. The number of rotatable bonds is 7. The fourth-order valence-electron chi connectivity index (χ4n) is 2.47. The van der Waals surface area contributed by atoms with Gasteiger partial charge in [-0.05, 0) is 43.5 Å². The van der Waals surface area contributed by atoms with Gasteiger partial charge in [0.25, 0.3) is 0 Å². The highest BCUT2D eigenvalue weighted by molar-refractivity contribution is 5.43. The van der Waals surface area contributed by atoms with Gasteiger partial charge in [-0.3, -0.25) is 0 Å². The molecule has 0 aliphatic carbocycles. The zero-order valence-corrected chi connectivity index (χ0v) is 12.8. The summed E-state index contributed by atoms with van der Waals surface area (Å²) in [5.74, 6) is 1.15. The second kappa shape index (κ2) is 7.25. The lowest BCUT2D eigenvalue weighted by molar-refractivity contribution is 0.675. The number of benzene rings is 1. The highest BCUT2D eigenvalue weighted by Crippen LogP contribution is 2.18. The van der Waals surface area contributed by atoms with E-state index in [9.17, 15) is 0 Å². The molecule has 2 aromatic rings. The number of hydrogen-bond donors (Lipinski definition) is 1. The van der Waals surface area contributed by atoms with Crippen molar-refractivity contribution >= 4 is 0 Å². The normalized spacial score (nSPS) is 10.9. The Bertz CT molecular complexity index is 543. The quantitative estimate of drug-likeness (QED) is 0.779. The van der Waals surface area contributed by atoms with Gasteiger partial charge in [0.15, 0.2) is 0 Å². The molecule has 0 atom stereocenters. The van der Waals surface area contributed by atoms with Crippen LogP contribution in [-0.2, 0) is 13.0 Å². The molecule has 1 heterocycles. The molecule has 0 amide bonds. The summed E-state index contributed by atoms with van der Waals surface area (Å²) in [4.78, 5) is 4.46. The summed E-state index contributed by atoms with van der Waals surface area (Å²) >= 11 is 0. The van der Waals surface area contributed by atoms with E-state index in [-0.39, 0.29) is 0 Å². The van der Waals surface area contributed by atoms with Gasteiger partial charge in [0.1, 0.15) is 5.82 Å². The van der Waals surface area contributed by atoms with Gasteiger partial charge in [0.2, 0.25) is 0 Å². The molecule has 0 saturated carbocycles. The molecule has 0 spiro atoms. The lowest BCUT2D eigenvalue weighted by atomic mass is 10.1. The van der Waals surface area contributed by atoms with Gasteiger partial charge in [0.05, 0.1) is 0 Å². The number of nitrogens with zero attached hydrogens (tertiary/aromatic N) is 2. The van der Waals surface area contributed by atoms with Crippen molar-refractivity contribution in [3.8, 4) is 5.69 Å². The van der Waals surface area contributed by atoms with E-state index in [2.05, 4.69) is 60.0 Å². The van der Waals surface area contributed by atoms with Crippen LogP contribution in [0, 0.1) is 6.92 Å². The highest BCUT2D eigenvalue weighted by Gasteiger charge is 2.07. The van der Waals surface area contributed by atoms with Crippen LogP contribution in [0.15, 0.2) is 30.6 Å². The van der Waals surface area contributed by atoms with Crippen LogP contribution in [0.4, 0.5) is 0 Å². The number of nitrogens with one attached hydrogen (secondary N) is 1.